The van der Waals surface area contributed by atoms with Gasteiger partial charge < -0.3 is 10.0 Å². The second kappa shape index (κ2) is 4.40. The number of amides is 1. The second-order valence-corrected chi connectivity index (χ2v) is 6.92. The first kappa shape index (κ1) is 14.3. The van der Waals surface area contributed by atoms with Gasteiger partial charge in [-0.1, -0.05) is 13.8 Å². The van der Waals surface area contributed by atoms with Crippen molar-refractivity contribution >= 4 is 5.91 Å². The van der Waals surface area contributed by atoms with Crippen molar-refractivity contribution in [1.82, 2.24) is 14.7 Å². The zero-order valence-electron chi connectivity index (χ0n) is 12.7. The zero-order valence-corrected chi connectivity index (χ0v) is 12.7. The standard InChI is InChI=1S/C15H21N3O3/c1-14(2)8-18(9-15(14,21)10-4-5-10)13(20)11-6-7-12(19)17(3)16-11/h6-7,10,21H,4-5,8-9H2,1-3H3/t15-/m1/s1. The van der Waals surface area contributed by atoms with Crippen molar-refractivity contribution in [2.75, 3.05) is 13.1 Å². The predicted molar refractivity (Wildman–Crippen MR) is 76.8 cm³/mol. The summed E-state index contributed by atoms with van der Waals surface area (Å²) < 4.78 is 1.15. The lowest BCUT2D eigenvalue weighted by Gasteiger charge is -2.35. The monoisotopic (exact) mass is 291 g/mol. The number of carbonyl (C=O) groups is 1. The normalized spacial score (nSPS) is 27.9. The molecule has 3 rings (SSSR count). The van der Waals surface area contributed by atoms with Gasteiger partial charge in [0.05, 0.1) is 12.1 Å². The minimum atomic E-state index is -0.816. The fourth-order valence-corrected chi connectivity index (χ4v) is 3.34. The minimum Gasteiger partial charge on any atom is -0.387 e. The molecule has 0 bridgehead atoms. The van der Waals surface area contributed by atoms with Gasteiger partial charge >= 0.3 is 0 Å². The molecule has 2 heterocycles. The van der Waals surface area contributed by atoms with Crippen molar-refractivity contribution in [3.8, 4) is 0 Å². The van der Waals surface area contributed by atoms with Crippen LogP contribution in [0.25, 0.3) is 0 Å². The summed E-state index contributed by atoms with van der Waals surface area (Å²) in [5.41, 5.74) is -1.15. The summed E-state index contributed by atoms with van der Waals surface area (Å²) >= 11 is 0. The van der Waals surface area contributed by atoms with Crippen LogP contribution in [0.1, 0.15) is 37.2 Å². The van der Waals surface area contributed by atoms with Gasteiger partial charge in [-0.15, -0.1) is 0 Å². The smallest absolute Gasteiger partial charge is 0.274 e. The summed E-state index contributed by atoms with van der Waals surface area (Å²) in [5, 5.41) is 15.0. The van der Waals surface area contributed by atoms with Crippen molar-refractivity contribution in [3.05, 3.63) is 28.2 Å². The Hall–Kier alpha value is -1.69. The summed E-state index contributed by atoms with van der Waals surface area (Å²) in [6.45, 7) is 4.86. The number of β-amino-alcohol motifs (C(OH)–C–C–N with tert-alkyl or cyclic N) is 1. The molecule has 1 aliphatic carbocycles. The Labute approximate surface area is 123 Å². The summed E-state index contributed by atoms with van der Waals surface area (Å²) in [6, 6.07) is 2.79. The van der Waals surface area contributed by atoms with Crippen LogP contribution in [0.15, 0.2) is 16.9 Å². The lowest BCUT2D eigenvalue weighted by molar-refractivity contribution is -0.0481. The van der Waals surface area contributed by atoms with Gasteiger partial charge in [0.1, 0.15) is 5.69 Å². The van der Waals surface area contributed by atoms with Crippen molar-refractivity contribution in [1.29, 1.82) is 0 Å². The van der Waals surface area contributed by atoms with E-state index >= 15 is 0 Å². The molecule has 1 N–H and O–H groups in total. The first-order valence-electron chi connectivity index (χ1n) is 7.31. The Morgan fingerprint density at radius 1 is 1.33 bits per heavy atom. The number of nitrogens with zero attached hydrogens (tertiary/aromatic N) is 3. The van der Waals surface area contributed by atoms with Crippen LogP contribution in [-0.2, 0) is 7.05 Å². The molecule has 2 fully saturated rings. The van der Waals surface area contributed by atoms with E-state index in [4.69, 9.17) is 0 Å². The molecule has 1 aromatic heterocycles. The SMILES string of the molecule is Cn1nc(C(=O)N2CC(C)(C)[C@](O)(C3CC3)C2)ccc1=O. The Morgan fingerprint density at radius 3 is 2.57 bits per heavy atom. The Balaban J connectivity index is 1.86. The van der Waals surface area contributed by atoms with E-state index in [1.54, 1.807) is 4.90 Å². The highest BCUT2D eigenvalue weighted by Crippen LogP contribution is 2.52. The van der Waals surface area contributed by atoms with Crippen LogP contribution in [0.4, 0.5) is 0 Å². The van der Waals surface area contributed by atoms with E-state index in [-0.39, 0.29) is 22.6 Å². The zero-order chi connectivity index (χ0) is 15.4. The van der Waals surface area contributed by atoms with Crippen molar-refractivity contribution in [2.45, 2.75) is 32.3 Å². The van der Waals surface area contributed by atoms with E-state index in [0.29, 0.717) is 19.0 Å². The molecular formula is C15H21N3O3. The van der Waals surface area contributed by atoms with Crippen LogP contribution in [0.3, 0.4) is 0 Å². The highest BCUT2D eigenvalue weighted by Gasteiger charge is 2.59. The van der Waals surface area contributed by atoms with Gasteiger partial charge in [-0.05, 0) is 24.8 Å². The van der Waals surface area contributed by atoms with Crippen LogP contribution in [-0.4, -0.2) is 44.4 Å². The van der Waals surface area contributed by atoms with Crippen LogP contribution in [0.2, 0.25) is 0 Å². The molecule has 1 atom stereocenters. The lowest BCUT2D eigenvalue weighted by atomic mass is 9.75. The van der Waals surface area contributed by atoms with E-state index in [0.717, 1.165) is 17.5 Å². The highest BCUT2D eigenvalue weighted by molar-refractivity contribution is 5.92. The Kier molecular flexibility index (Phi) is 2.99. The molecular weight excluding hydrogens is 270 g/mol. The summed E-state index contributed by atoms with van der Waals surface area (Å²) in [5.74, 6) is 0.0636. The maximum atomic E-state index is 12.6. The van der Waals surface area contributed by atoms with Gasteiger partial charge in [-0.3, -0.25) is 9.59 Å². The van der Waals surface area contributed by atoms with E-state index in [1.807, 2.05) is 13.8 Å². The fraction of sp³-hybridized carbons (Fsp3) is 0.667. The second-order valence-electron chi connectivity index (χ2n) is 6.92. The number of aryl methyl sites for hydroxylation is 1. The number of rotatable bonds is 2. The topological polar surface area (TPSA) is 75.4 Å². The largest absolute Gasteiger partial charge is 0.387 e. The third kappa shape index (κ3) is 2.18. The summed E-state index contributed by atoms with van der Waals surface area (Å²) in [4.78, 5) is 25.6. The molecule has 21 heavy (non-hydrogen) atoms. The van der Waals surface area contributed by atoms with Crippen LogP contribution < -0.4 is 5.56 Å². The molecule has 114 valence electrons. The average molecular weight is 291 g/mol. The van der Waals surface area contributed by atoms with Gasteiger partial charge in [0.25, 0.3) is 11.5 Å². The average Bonchev–Trinajstić information content (AvgIpc) is 3.21. The van der Waals surface area contributed by atoms with E-state index in [9.17, 15) is 14.7 Å². The molecule has 6 heteroatoms. The van der Waals surface area contributed by atoms with Gasteiger partial charge in [0, 0.05) is 25.1 Å². The van der Waals surface area contributed by atoms with Crippen LogP contribution in [0.5, 0.6) is 0 Å². The van der Waals surface area contributed by atoms with Gasteiger partial charge in [-0.25, -0.2) is 4.68 Å². The molecule has 0 radical (unpaired) electrons. The number of hydrogen-bond donors (Lipinski definition) is 1. The van der Waals surface area contributed by atoms with Gasteiger partial charge in [0.2, 0.25) is 0 Å². The quantitative estimate of drug-likeness (QED) is 0.856. The molecule has 0 aromatic carbocycles. The molecule has 2 aliphatic rings. The number of carbonyl (C=O) groups excluding carboxylic acids is 1. The predicted octanol–water partition coefficient (Wildman–Crippen LogP) is 0.403. The Bertz CT molecular complexity index is 648. The third-order valence-corrected chi connectivity index (χ3v) is 4.91. The van der Waals surface area contributed by atoms with E-state index in [1.165, 1.54) is 19.2 Å². The molecule has 6 nitrogen and oxygen atoms in total. The van der Waals surface area contributed by atoms with Crippen LogP contribution in [0, 0.1) is 11.3 Å². The molecule has 1 aliphatic heterocycles. The lowest BCUT2D eigenvalue weighted by Crippen LogP contribution is -2.46. The fourth-order valence-electron chi connectivity index (χ4n) is 3.34. The summed E-state index contributed by atoms with van der Waals surface area (Å²) in [7, 11) is 1.52. The van der Waals surface area contributed by atoms with E-state index < -0.39 is 5.60 Å². The maximum Gasteiger partial charge on any atom is 0.274 e. The highest BCUT2D eigenvalue weighted by atomic mass is 16.3. The van der Waals surface area contributed by atoms with E-state index in [2.05, 4.69) is 5.10 Å². The molecule has 1 aromatic rings. The van der Waals surface area contributed by atoms with Crippen molar-refractivity contribution < 1.29 is 9.90 Å². The molecule has 1 amide bonds. The molecule has 1 saturated carbocycles. The third-order valence-electron chi connectivity index (χ3n) is 4.91. The van der Waals surface area contributed by atoms with Crippen LogP contribution >= 0.6 is 0 Å². The van der Waals surface area contributed by atoms with Gasteiger partial charge in [-0.2, -0.15) is 5.10 Å². The molecule has 0 unspecified atom stereocenters. The number of aliphatic hydroxyl groups is 1. The molecule has 0 spiro atoms. The number of hydrogen-bond acceptors (Lipinski definition) is 4. The maximum absolute atomic E-state index is 12.6. The first-order valence-corrected chi connectivity index (χ1v) is 7.31. The molecule has 1 saturated heterocycles. The van der Waals surface area contributed by atoms with Crippen molar-refractivity contribution in [3.63, 3.8) is 0 Å². The number of aromatic nitrogens is 2. The Morgan fingerprint density at radius 2 is 2.00 bits per heavy atom. The first-order chi connectivity index (χ1) is 9.74. The van der Waals surface area contributed by atoms with Gasteiger partial charge in [0.15, 0.2) is 0 Å². The minimum absolute atomic E-state index is 0.227. The number of likely N-dealkylation sites (tertiary alicyclic amines) is 1. The summed E-state index contributed by atoms with van der Waals surface area (Å²) in [6.07, 6.45) is 2.06. The van der Waals surface area contributed by atoms with Crippen molar-refractivity contribution in [2.24, 2.45) is 18.4 Å².